The van der Waals surface area contributed by atoms with Crippen LogP contribution in [-0.2, 0) is 4.74 Å². The Kier molecular flexibility index (Phi) is 5.66. The maximum atomic E-state index is 12.7. The summed E-state index contributed by atoms with van der Waals surface area (Å²) >= 11 is 0. The topological polar surface area (TPSA) is 86.2 Å². The van der Waals surface area contributed by atoms with Crippen molar-refractivity contribution >= 4 is 5.82 Å². The summed E-state index contributed by atoms with van der Waals surface area (Å²) in [6.07, 6.45) is -2.25. The molecule has 0 aliphatic carbocycles. The highest BCUT2D eigenvalue weighted by molar-refractivity contribution is 5.42. The molecule has 5 N–H and O–H groups in total. The van der Waals surface area contributed by atoms with Gasteiger partial charge in [-0.25, -0.2) is 13.8 Å². The lowest BCUT2D eigenvalue weighted by Gasteiger charge is -2.20. The monoisotopic (exact) mass is 296 g/mol. The van der Waals surface area contributed by atoms with E-state index >= 15 is 0 Å². The molecular weight excluding hydrogens is 280 g/mol. The fourth-order valence-electron chi connectivity index (χ4n) is 1.49. The van der Waals surface area contributed by atoms with Gasteiger partial charge in [-0.05, 0) is 18.6 Å². The lowest BCUT2D eigenvalue weighted by Crippen LogP contribution is -2.36. The number of nitrogens with one attached hydrogen (secondary N) is 1. The van der Waals surface area contributed by atoms with Gasteiger partial charge in [-0.1, -0.05) is 0 Å². The number of nitrogens with two attached hydrogens (primary N) is 2. The Morgan fingerprint density at radius 1 is 1.45 bits per heavy atom. The molecule has 0 radical (unpaired) electrons. The lowest BCUT2D eigenvalue weighted by molar-refractivity contribution is -0.167. The van der Waals surface area contributed by atoms with Crippen molar-refractivity contribution in [2.45, 2.75) is 25.3 Å². The predicted molar refractivity (Wildman–Crippen MR) is 65.2 cm³/mol. The van der Waals surface area contributed by atoms with E-state index in [2.05, 4.69) is 15.1 Å². The molecule has 0 aliphatic rings. The number of hydrazine groups is 1. The van der Waals surface area contributed by atoms with Gasteiger partial charge in [0.1, 0.15) is 12.4 Å². The first kappa shape index (κ1) is 16.6. The highest BCUT2D eigenvalue weighted by Crippen LogP contribution is 2.24. The molecule has 0 bridgehead atoms. The number of ether oxygens (including phenoxy) is 1. The summed E-state index contributed by atoms with van der Waals surface area (Å²) < 4.78 is 53.9. The molecule has 0 aliphatic heterocycles. The SMILES string of the molecule is Cc1cnc(N)c(C(COCC(F)(F)C(F)F)NN)c1. The number of aryl methyl sites for hydroxylation is 1. The molecule has 5 nitrogen and oxygen atoms in total. The summed E-state index contributed by atoms with van der Waals surface area (Å²) in [6, 6.07) is 0.928. The molecule has 1 atom stereocenters. The molecule has 20 heavy (non-hydrogen) atoms. The third kappa shape index (κ3) is 4.29. The number of rotatable bonds is 7. The summed E-state index contributed by atoms with van der Waals surface area (Å²) in [4.78, 5) is 3.89. The Morgan fingerprint density at radius 2 is 2.10 bits per heavy atom. The molecular formula is C11H16F4N4O. The number of anilines is 1. The second-order valence-corrected chi connectivity index (χ2v) is 4.28. The molecule has 1 aromatic rings. The van der Waals surface area contributed by atoms with Gasteiger partial charge in [-0.2, -0.15) is 8.78 Å². The van der Waals surface area contributed by atoms with Gasteiger partial charge < -0.3 is 10.5 Å². The first-order valence-corrected chi connectivity index (χ1v) is 5.69. The maximum absolute atomic E-state index is 12.7. The molecule has 0 saturated carbocycles. The zero-order valence-electron chi connectivity index (χ0n) is 10.7. The predicted octanol–water partition coefficient (Wildman–Crippen LogP) is 1.39. The number of nitrogen functional groups attached to an aromatic ring is 1. The van der Waals surface area contributed by atoms with Crippen LogP contribution in [0.1, 0.15) is 17.2 Å². The molecule has 0 fully saturated rings. The van der Waals surface area contributed by atoms with E-state index < -0.39 is 25.0 Å². The van der Waals surface area contributed by atoms with Gasteiger partial charge in [0.05, 0.1) is 12.6 Å². The van der Waals surface area contributed by atoms with Crippen molar-refractivity contribution in [1.29, 1.82) is 0 Å². The minimum absolute atomic E-state index is 0.155. The van der Waals surface area contributed by atoms with Gasteiger partial charge in [-0.3, -0.25) is 11.3 Å². The van der Waals surface area contributed by atoms with E-state index in [-0.39, 0.29) is 12.4 Å². The molecule has 9 heteroatoms. The summed E-state index contributed by atoms with van der Waals surface area (Å²) in [5, 5.41) is 0. The van der Waals surface area contributed by atoms with E-state index in [1.165, 1.54) is 6.20 Å². The summed E-state index contributed by atoms with van der Waals surface area (Å²) in [5.74, 6) is 1.24. The van der Waals surface area contributed by atoms with Crippen LogP contribution in [0, 0.1) is 6.92 Å². The molecule has 0 aromatic carbocycles. The average molecular weight is 296 g/mol. The molecule has 0 spiro atoms. The fraction of sp³-hybridized carbons (Fsp3) is 0.545. The first-order valence-electron chi connectivity index (χ1n) is 5.69. The van der Waals surface area contributed by atoms with Gasteiger partial charge in [0.15, 0.2) is 0 Å². The Morgan fingerprint density at radius 3 is 2.65 bits per heavy atom. The van der Waals surface area contributed by atoms with Crippen LogP contribution in [0.25, 0.3) is 0 Å². The molecule has 1 aromatic heterocycles. The van der Waals surface area contributed by atoms with Crippen LogP contribution in [-0.4, -0.2) is 30.5 Å². The van der Waals surface area contributed by atoms with Crippen molar-refractivity contribution in [2.75, 3.05) is 18.9 Å². The molecule has 1 heterocycles. The van der Waals surface area contributed by atoms with Crippen molar-refractivity contribution in [2.24, 2.45) is 5.84 Å². The van der Waals surface area contributed by atoms with Crippen LogP contribution in [0.4, 0.5) is 23.4 Å². The van der Waals surface area contributed by atoms with Crippen LogP contribution < -0.4 is 17.0 Å². The van der Waals surface area contributed by atoms with E-state index in [1.807, 2.05) is 0 Å². The second kappa shape index (κ2) is 6.82. The molecule has 114 valence electrons. The Bertz CT molecular complexity index is 444. The highest BCUT2D eigenvalue weighted by atomic mass is 19.3. The van der Waals surface area contributed by atoms with E-state index in [0.29, 0.717) is 5.56 Å². The third-order valence-electron chi connectivity index (χ3n) is 2.56. The Balaban J connectivity index is 2.67. The zero-order chi connectivity index (χ0) is 15.3. The number of pyridine rings is 1. The number of nitrogens with zero attached hydrogens (tertiary/aromatic N) is 1. The second-order valence-electron chi connectivity index (χ2n) is 4.28. The van der Waals surface area contributed by atoms with E-state index in [1.54, 1.807) is 13.0 Å². The van der Waals surface area contributed by atoms with Crippen molar-refractivity contribution in [3.8, 4) is 0 Å². The fourth-order valence-corrected chi connectivity index (χ4v) is 1.49. The standard InChI is InChI=1S/C11H16F4N4O/c1-6-2-7(9(16)18-3-6)8(19-17)4-20-5-11(14,15)10(12)13/h2-3,8,10,19H,4-5,17H2,1H3,(H2,16,18). The third-order valence-corrected chi connectivity index (χ3v) is 2.56. The largest absolute Gasteiger partial charge is 0.383 e. The number of halogens is 4. The van der Waals surface area contributed by atoms with Gasteiger partial charge >= 0.3 is 12.3 Å². The van der Waals surface area contributed by atoms with Crippen molar-refractivity contribution in [1.82, 2.24) is 10.4 Å². The number of aromatic nitrogens is 1. The van der Waals surface area contributed by atoms with E-state index in [0.717, 1.165) is 5.56 Å². The Labute approximate surface area is 113 Å². The average Bonchev–Trinajstić information content (AvgIpc) is 2.37. The molecule has 0 amide bonds. The minimum Gasteiger partial charge on any atom is -0.383 e. The zero-order valence-corrected chi connectivity index (χ0v) is 10.7. The Hall–Kier alpha value is -1.45. The van der Waals surface area contributed by atoms with Crippen LogP contribution >= 0.6 is 0 Å². The van der Waals surface area contributed by atoms with Gasteiger partial charge in [-0.15, -0.1) is 0 Å². The molecule has 1 rings (SSSR count). The van der Waals surface area contributed by atoms with Crippen molar-refractivity contribution in [3.63, 3.8) is 0 Å². The molecule has 0 saturated heterocycles. The summed E-state index contributed by atoms with van der Waals surface area (Å²) in [6.45, 7) is 0.0193. The maximum Gasteiger partial charge on any atom is 0.330 e. The van der Waals surface area contributed by atoms with E-state index in [4.69, 9.17) is 11.6 Å². The minimum atomic E-state index is -4.20. The van der Waals surface area contributed by atoms with Gasteiger partial charge in [0.25, 0.3) is 0 Å². The van der Waals surface area contributed by atoms with Gasteiger partial charge in [0.2, 0.25) is 0 Å². The normalized spacial score (nSPS) is 13.8. The highest BCUT2D eigenvalue weighted by Gasteiger charge is 2.41. The lowest BCUT2D eigenvalue weighted by atomic mass is 10.1. The number of hydrogen-bond donors (Lipinski definition) is 3. The van der Waals surface area contributed by atoms with Gasteiger partial charge in [0, 0.05) is 11.8 Å². The van der Waals surface area contributed by atoms with Crippen LogP contribution in [0.15, 0.2) is 12.3 Å². The molecule has 1 unspecified atom stereocenters. The smallest absolute Gasteiger partial charge is 0.330 e. The quantitative estimate of drug-likeness (QED) is 0.402. The summed E-state index contributed by atoms with van der Waals surface area (Å²) in [5.41, 5.74) is 9.20. The van der Waals surface area contributed by atoms with E-state index in [9.17, 15) is 17.6 Å². The summed E-state index contributed by atoms with van der Waals surface area (Å²) in [7, 11) is 0. The van der Waals surface area contributed by atoms with Crippen molar-refractivity contribution in [3.05, 3.63) is 23.4 Å². The van der Waals surface area contributed by atoms with Crippen molar-refractivity contribution < 1.29 is 22.3 Å². The first-order chi connectivity index (χ1) is 9.27. The van der Waals surface area contributed by atoms with Crippen LogP contribution in [0.3, 0.4) is 0 Å². The van der Waals surface area contributed by atoms with Crippen LogP contribution in [0.5, 0.6) is 0 Å². The number of hydrogen-bond acceptors (Lipinski definition) is 5. The van der Waals surface area contributed by atoms with Crippen LogP contribution in [0.2, 0.25) is 0 Å². The number of alkyl halides is 4.